The molecule has 0 spiro atoms. The molecule has 0 aliphatic rings. The quantitative estimate of drug-likeness (QED) is 0.384. The number of aromatic nitrogens is 3. The molecule has 4 aromatic rings. The normalized spacial score (nSPS) is 10.5. The van der Waals surface area contributed by atoms with Gasteiger partial charge in [0.1, 0.15) is 0 Å². The lowest BCUT2D eigenvalue weighted by Crippen LogP contribution is -3.00. The van der Waals surface area contributed by atoms with Crippen LogP contribution < -0.4 is 17.0 Å². The number of hydrogen-bond acceptors (Lipinski definition) is 3. The van der Waals surface area contributed by atoms with Crippen LogP contribution in [0.3, 0.4) is 0 Å². The molecule has 0 aliphatic carbocycles. The number of thiophene rings is 1. The second kappa shape index (κ2) is 8.95. The highest BCUT2D eigenvalue weighted by molar-refractivity contribution is 7.13. The van der Waals surface area contributed by atoms with Gasteiger partial charge in [-0.2, -0.15) is 9.67 Å². The maximum Gasteiger partial charge on any atom is 0.237 e. The number of rotatable bonds is 6. The van der Waals surface area contributed by atoms with E-state index in [9.17, 15) is 4.79 Å². The van der Waals surface area contributed by atoms with E-state index < -0.39 is 0 Å². The van der Waals surface area contributed by atoms with E-state index in [0.29, 0.717) is 6.54 Å². The van der Waals surface area contributed by atoms with Crippen molar-refractivity contribution in [2.45, 2.75) is 19.9 Å². The molecule has 0 atom stereocenters. The lowest BCUT2D eigenvalue weighted by molar-refractivity contribution is -0.682. The Kier molecular flexibility index (Phi) is 6.39. The molecule has 0 saturated heterocycles. The van der Waals surface area contributed by atoms with Crippen molar-refractivity contribution in [1.29, 1.82) is 0 Å². The first kappa shape index (κ1) is 20.0. The summed E-state index contributed by atoms with van der Waals surface area (Å²) in [6, 6.07) is 20.2. The van der Waals surface area contributed by atoms with Crippen molar-refractivity contribution in [2.24, 2.45) is 0 Å². The van der Waals surface area contributed by atoms with Crippen LogP contribution in [-0.4, -0.2) is 16.0 Å². The Morgan fingerprint density at radius 2 is 1.93 bits per heavy atom. The molecule has 4 nitrogen and oxygen atoms in total. The summed E-state index contributed by atoms with van der Waals surface area (Å²) in [5.74, 6) is 0.127. The van der Waals surface area contributed by atoms with Gasteiger partial charge in [0.2, 0.25) is 12.3 Å². The van der Waals surface area contributed by atoms with Gasteiger partial charge in [-0.1, -0.05) is 30.3 Å². The van der Waals surface area contributed by atoms with E-state index in [0.717, 1.165) is 33.1 Å². The minimum absolute atomic E-state index is 0. The Bertz CT molecular complexity index is 1070. The van der Waals surface area contributed by atoms with E-state index in [-0.39, 0.29) is 18.2 Å². The fourth-order valence-electron chi connectivity index (χ4n) is 3.02. The SMILES string of the molecule is Cc1ccc(C(=O)C[n+]2cccc(-c3cc(Cc4ccccc4)[nH]n3)c2)s1.[Cl-]. The van der Waals surface area contributed by atoms with Gasteiger partial charge >= 0.3 is 0 Å². The average molecular weight is 410 g/mol. The molecule has 1 aromatic carbocycles. The van der Waals surface area contributed by atoms with Gasteiger partial charge in [0.25, 0.3) is 0 Å². The lowest BCUT2D eigenvalue weighted by Gasteiger charge is -1.98. The Labute approximate surface area is 174 Å². The van der Waals surface area contributed by atoms with Crippen LogP contribution in [0, 0.1) is 6.92 Å². The summed E-state index contributed by atoms with van der Waals surface area (Å²) in [4.78, 5) is 14.4. The van der Waals surface area contributed by atoms with Crippen LogP contribution >= 0.6 is 11.3 Å². The highest BCUT2D eigenvalue weighted by Crippen LogP contribution is 2.18. The number of halogens is 1. The predicted molar refractivity (Wildman–Crippen MR) is 107 cm³/mol. The highest BCUT2D eigenvalue weighted by atomic mass is 35.5. The fraction of sp³-hybridized carbons (Fsp3) is 0.136. The Morgan fingerprint density at radius 3 is 2.68 bits per heavy atom. The van der Waals surface area contributed by atoms with Crippen molar-refractivity contribution in [3.63, 3.8) is 0 Å². The zero-order chi connectivity index (χ0) is 18.6. The molecule has 0 aliphatic heterocycles. The van der Waals surface area contributed by atoms with Crippen molar-refractivity contribution in [3.8, 4) is 11.3 Å². The maximum atomic E-state index is 12.5. The molecule has 0 bridgehead atoms. The van der Waals surface area contributed by atoms with Gasteiger partial charge in [-0.05, 0) is 36.8 Å². The van der Waals surface area contributed by atoms with Crippen LogP contribution in [0.5, 0.6) is 0 Å². The van der Waals surface area contributed by atoms with Gasteiger partial charge in [0.05, 0.1) is 16.1 Å². The summed E-state index contributed by atoms with van der Waals surface area (Å²) in [6.45, 7) is 2.34. The Balaban J connectivity index is 0.00000225. The first-order valence-electron chi connectivity index (χ1n) is 8.85. The van der Waals surface area contributed by atoms with E-state index in [1.165, 1.54) is 16.9 Å². The van der Waals surface area contributed by atoms with Crippen LogP contribution in [0.2, 0.25) is 0 Å². The number of benzene rings is 1. The molecule has 6 heteroatoms. The number of pyridine rings is 1. The Morgan fingerprint density at radius 1 is 1.11 bits per heavy atom. The van der Waals surface area contributed by atoms with E-state index in [1.807, 2.05) is 66.3 Å². The van der Waals surface area contributed by atoms with Gasteiger partial charge in [-0.25, -0.2) is 0 Å². The third-order valence-corrected chi connectivity index (χ3v) is 5.41. The van der Waals surface area contributed by atoms with Gasteiger partial charge in [0, 0.05) is 23.1 Å². The van der Waals surface area contributed by atoms with E-state index in [4.69, 9.17) is 0 Å². The molecular weight excluding hydrogens is 390 g/mol. The first-order chi connectivity index (χ1) is 13.2. The molecular formula is C22H20ClN3OS. The first-order valence-corrected chi connectivity index (χ1v) is 9.66. The molecule has 0 fully saturated rings. The molecule has 28 heavy (non-hydrogen) atoms. The number of Topliss-reactive ketones (excluding diaryl/α,β-unsaturated/α-hetero) is 1. The number of hydrogen-bond donors (Lipinski definition) is 1. The zero-order valence-corrected chi connectivity index (χ0v) is 17.0. The molecule has 1 N–H and O–H groups in total. The summed E-state index contributed by atoms with van der Waals surface area (Å²) >= 11 is 1.54. The molecule has 142 valence electrons. The van der Waals surface area contributed by atoms with Crippen LogP contribution in [0.1, 0.15) is 25.8 Å². The molecule has 0 radical (unpaired) electrons. The summed E-state index contributed by atoms with van der Waals surface area (Å²) in [6.07, 6.45) is 4.71. The van der Waals surface area contributed by atoms with Gasteiger partial charge in [0.15, 0.2) is 12.4 Å². The summed E-state index contributed by atoms with van der Waals surface area (Å²) in [5, 5.41) is 7.56. The van der Waals surface area contributed by atoms with Crippen molar-refractivity contribution in [2.75, 3.05) is 0 Å². The number of aryl methyl sites for hydroxylation is 1. The molecule has 3 aromatic heterocycles. The van der Waals surface area contributed by atoms with Gasteiger partial charge < -0.3 is 12.4 Å². The van der Waals surface area contributed by atoms with E-state index in [1.54, 1.807) is 0 Å². The molecule has 3 heterocycles. The monoisotopic (exact) mass is 409 g/mol. The van der Waals surface area contributed by atoms with E-state index >= 15 is 0 Å². The third-order valence-electron chi connectivity index (χ3n) is 4.36. The van der Waals surface area contributed by atoms with Crippen LogP contribution in [-0.2, 0) is 13.0 Å². The van der Waals surface area contributed by atoms with Crippen molar-refractivity contribution < 1.29 is 21.8 Å². The van der Waals surface area contributed by atoms with E-state index in [2.05, 4.69) is 28.4 Å². The molecule has 4 rings (SSSR count). The summed E-state index contributed by atoms with van der Waals surface area (Å²) < 4.78 is 1.91. The third kappa shape index (κ3) is 4.74. The van der Waals surface area contributed by atoms with Gasteiger partial charge in [-0.3, -0.25) is 9.89 Å². The average Bonchev–Trinajstić information content (AvgIpc) is 3.32. The standard InChI is InChI=1S/C22H20N3OS.ClH/c1-16-9-10-22(27-16)21(26)15-25-11-5-8-18(14-25)20-13-19(23-24-20)12-17-6-3-2-4-7-17;/h2-11,13-14H,12,15H2,1H3,(H,23,24);1H/q+1;/p-1. The molecule has 0 saturated carbocycles. The largest absolute Gasteiger partial charge is 1.00 e. The van der Waals surface area contributed by atoms with Crippen molar-refractivity contribution in [1.82, 2.24) is 10.2 Å². The second-order valence-electron chi connectivity index (χ2n) is 6.54. The number of H-pyrrole nitrogens is 1. The smallest absolute Gasteiger partial charge is 0.237 e. The molecule has 0 amide bonds. The van der Waals surface area contributed by atoms with Gasteiger partial charge in [-0.15, -0.1) is 11.3 Å². The number of carbonyl (C=O) groups is 1. The van der Waals surface area contributed by atoms with Crippen LogP contribution in [0.15, 0.2) is 73.1 Å². The van der Waals surface area contributed by atoms with Crippen molar-refractivity contribution >= 4 is 17.1 Å². The zero-order valence-electron chi connectivity index (χ0n) is 15.4. The van der Waals surface area contributed by atoms with Crippen LogP contribution in [0.4, 0.5) is 0 Å². The van der Waals surface area contributed by atoms with Crippen molar-refractivity contribution in [3.05, 3.63) is 94.1 Å². The lowest BCUT2D eigenvalue weighted by atomic mass is 10.1. The molecule has 0 unspecified atom stereocenters. The summed E-state index contributed by atoms with van der Waals surface area (Å²) in [5.41, 5.74) is 4.18. The number of nitrogens with zero attached hydrogens (tertiary/aromatic N) is 2. The predicted octanol–water partition coefficient (Wildman–Crippen LogP) is 1.21. The number of aromatic amines is 1. The maximum absolute atomic E-state index is 12.5. The topological polar surface area (TPSA) is 49.6 Å². The summed E-state index contributed by atoms with van der Waals surface area (Å²) in [7, 11) is 0. The van der Waals surface area contributed by atoms with Crippen LogP contribution in [0.25, 0.3) is 11.3 Å². The highest BCUT2D eigenvalue weighted by Gasteiger charge is 2.15. The number of carbonyl (C=O) groups excluding carboxylic acids is 1. The fourth-order valence-corrected chi connectivity index (χ4v) is 3.81. The minimum Gasteiger partial charge on any atom is -1.00 e. The second-order valence-corrected chi connectivity index (χ2v) is 7.83. The number of nitrogens with one attached hydrogen (secondary N) is 1. The number of ketones is 1. The Hall–Kier alpha value is -2.76. The minimum atomic E-state index is 0.